The van der Waals surface area contributed by atoms with Crippen LogP contribution in [0.15, 0.2) is 48.5 Å². The lowest BCUT2D eigenvalue weighted by Crippen LogP contribution is -2.59. The highest BCUT2D eigenvalue weighted by atomic mass is 127. The van der Waals surface area contributed by atoms with Crippen molar-refractivity contribution in [2.75, 3.05) is 0 Å². The minimum absolute atomic E-state index is 0.124. The van der Waals surface area contributed by atoms with Gasteiger partial charge in [-0.3, -0.25) is 9.59 Å². The van der Waals surface area contributed by atoms with Gasteiger partial charge in [0, 0.05) is 20.3 Å². The monoisotopic (exact) mass is 584 g/mol. The zero-order valence-corrected chi connectivity index (χ0v) is 18.4. The van der Waals surface area contributed by atoms with Crippen molar-refractivity contribution in [1.82, 2.24) is 0 Å². The summed E-state index contributed by atoms with van der Waals surface area (Å²) in [6.07, 6.45) is -6.88. The maximum absolute atomic E-state index is 13.6. The minimum Gasteiger partial charge on any atom is -0.295 e. The first-order valence-electron chi connectivity index (χ1n) is 8.44. The second-order valence-electron chi connectivity index (χ2n) is 6.42. The molecule has 176 valence electrons. The molecule has 0 N–H and O–H groups in total. The Morgan fingerprint density at radius 3 is 1.50 bits per heavy atom. The number of alkyl halides is 9. The van der Waals surface area contributed by atoms with Gasteiger partial charge in [-0.25, -0.2) is 0 Å². The van der Waals surface area contributed by atoms with Crippen LogP contribution in [0.5, 0.6) is 0 Å². The van der Waals surface area contributed by atoms with Gasteiger partial charge < -0.3 is 0 Å². The van der Waals surface area contributed by atoms with Gasteiger partial charge in [-0.2, -0.15) is 39.5 Å². The molecule has 0 saturated carbocycles. The van der Waals surface area contributed by atoms with Crippen molar-refractivity contribution in [1.29, 1.82) is 0 Å². The molecule has 0 spiro atoms. The van der Waals surface area contributed by atoms with Crippen molar-refractivity contribution >= 4 is 34.2 Å². The van der Waals surface area contributed by atoms with Crippen molar-refractivity contribution < 1.29 is 49.1 Å². The summed E-state index contributed by atoms with van der Waals surface area (Å²) in [4.78, 5) is 21.8. The molecule has 0 aliphatic heterocycles. The molecule has 12 heteroatoms. The van der Waals surface area contributed by atoms with Gasteiger partial charge in [0.15, 0.2) is 11.6 Å². The number of carbonyl (C=O) groups excluding carboxylic acids is 2. The normalized spacial score (nSPS) is 12.6. The Bertz CT molecular complexity index is 985. The van der Waals surface area contributed by atoms with Crippen molar-refractivity contribution in [2.24, 2.45) is 0 Å². The topological polar surface area (TPSA) is 34.1 Å². The lowest BCUT2D eigenvalue weighted by atomic mass is 9.95. The number of hydrogen-bond donors (Lipinski definition) is 0. The lowest BCUT2D eigenvalue weighted by molar-refractivity contribution is -0.399. The van der Waals surface area contributed by atoms with Crippen molar-refractivity contribution in [3.05, 3.63) is 68.8 Å². The van der Waals surface area contributed by atoms with Crippen LogP contribution in [0.1, 0.15) is 40.1 Å². The molecule has 0 aliphatic carbocycles. The van der Waals surface area contributed by atoms with Crippen molar-refractivity contribution in [3.63, 3.8) is 0 Å². The van der Waals surface area contributed by atoms with E-state index in [4.69, 9.17) is 0 Å². The number of hydrogen-bond acceptors (Lipinski definition) is 2. The Kier molecular flexibility index (Phi) is 8.54. The van der Waals surface area contributed by atoms with Gasteiger partial charge in [-0.1, -0.05) is 30.3 Å². The average Bonchev–Trinajstić information content (AvgIpc) is 2.67. The second kappa shape index (κ2) is 9.79. The molecule has 2 aromatic rings. The zero-order chi connectivity index (χ0) is 25.1. The summed E-state index contributed by atoms with van der Waals surface area (Å²) in [6, 6.07) is 9.51. The van der Waals surface area contributed by atoms with E-state index < -0.39 is 40.9 Å². The third-order valence-electron chi connectivity index (χ3n) is 4.01. The van der Waals surface area contributed by atoms with Gasteiger partial charge >= 0.3 is 23.9 Å². The fourth-order valence-corrected chi connectivity index (χ4v) is 2.74. The molecule has 0 unspecified atom stereocenters. The Balaban J connectivity index is 0.000000425. The number of Topliss-reactive ketones (excluding diaryl/α,β-unsaturated/α-hetero) is 2. The van der Waals surface area contributed by atoms with Gasteiger partial charge in [0.2, 0.25) is 0 Å². The van der Waals surface area contributed by atoms with Gasteiger partial charge in [0.1, 0.15) is 0 Å². The van der Waals surface area contributed by atoms with Crippen LogP contribution in [0, 0.1) is 3.57 Å². The number of halogens is 10. The Labute approximate surface area is 189 Å². The maximum atomic E-state index is 13.6. The molecule has 32 heavy (non-hydrogen) atoms. The second-order valence-corrected chi connectivity index (χ2v) is 7.67. The van der Waals surface area contributed by atoms with Crippen LogP contribution in [-0.4, -0.2) is 29.6 Å². The third kappa shape index (κ3) is 5.81. The Morgan fingerprint density at radius 1 is 0.688 bits per heavy atom. The summed E-state index contributed by atoms with van der Waals surface area (Å²) in [6.45, 7) is 2.45. The molecule has 2 nitrogen and oxygen atoms in total. The van der Waals surface area contributed by atoms with Crippen LogP contribution < -0.4 is 0 Å². The summed E-state index contributed by atoms with van der Waals surface area (Å²) in [7, 11) is 0. The SMILES string of the molecule is CC(=O)c1cccc(C(F)(F)C(F)(F)C(F)(F)C(F)(F)F)c1.CC(=O)c1cccc(I)c1. The van der Waals surface area contributed by atoms with E-state index in [9.17, 15) is 49.1 Å². The lowest BCUT2D eigenvalue weighted by Gasteiger charge is -2.33. The van der Waals surface area contributed by atoms with Crippen LogP contribution in [0.25, 0.3) is 0 Å². The molecule has 0 atom stereocenters. The summed E-state index contributed by atoms with van der Waals surface area (Å²) >= 11 is 2.19. The molecule has 0 bridgehead atoms. The predicted octanol–water partition coefficient (Wildman–Crippen LogP) is 7.31. The fourth-order valence-electron chi connectivity index (χ4n) is 2.20. The van der Waals surface area contributed by atoms with Gasteiger partial charge in [0.05, 0.1) is 0 Å². The highest BCUT2D eigenvalue weighted by Crippen LogP contribution is 2.56. The van der Waals surface area contributed by atoms with Gasteiger partial charge in [-0.05, 0) is 54.6 Å². The quantitative estimate of drug-likeness (QED) is 0.210. The van der Waals surface area contributed by atoms with E-state index in [1.165, 1.54) is 0 Å². The largest absolute Gasteiger partial charge is 0.460 e. The Morgan fingerprint density at radius 2 is 1.12 bits per heavy atom. The highest BCUT2D eigenvalue weighted by Gasteiger charge is 2.82. The molecule has 0 aromatic heterocycles. The van der Waals surface area contributed by atoms with Gasteiger partial charge in [-0.15, -0.1) is 0 Å². The standard InChI is InChI=1S/C12H7F9O.C8H7IO/c1-6(22)7-3-2-4-8(5-7)9(13,14)10(15,16)11(17,18)12(19,20)21;1-6(10)7-3-2-4-8(9)5-7/h2-5H,1H3;2-5H,1H3. The number of ketones is 2. The molecule has 0 heterocycles. The Hall–Kier alpha value is -2.12. The van der Waals surface area contributed by atoms with E-state index >= 15 is 0 Å². The van der Waals surface area contributed by atoms with Crippen LogP contribution in [0.2, 0.25) is 0 Å². The van der Waals surface area contributed by atoms with E-state index in [2.05, 4.69) is 22.6 Å². The summed E-state index contributed by atoms with van der Waals surface area (Å²) in [5.41, 5.74) is -1.58. The minimum atomic E-state index is -6.96. The first-order chi connectivity index (χ1) is 14.4. The number of carbonyl (C=O) groups is 2. The molecule has 2 rings (SSSR count). The van der Waals surface area contributed by atoms with Crippen LogP contribution in [-0.2, 0) is 5.92 Å². The van der Waals surface area contributed by atoms with E-state index in [-0.39, 0.29) is 17.9 Å². The molecule has 2 aromatic carbocycles. The number of benzene rings is 2. The highest BCUT2D eigenvalue weighted by molar-refractivity contribution is 14.1. The van der Waals surface area contributed by atoms with E-state index in [1.54, 1.807) is 6.92 Å². The summed E-state index contributed by atoms with van der Waals surface area (Å²) < 4.78 is 116. The van der Waals surface area contributed by atoms with Crippen LogP contribution in [0.4, 0.5) is 39.5 Å². The van der Waals surface area contributed by atoms with Crippen LogP contribution >= 0.6 is 22.6 Å². The maximum Gasteiger partial charge on any atom is 0.460 e. The molecule has 0 saturated heterocycles. The fraction of sp³-hybridized carbons (Fsp3) is 0.300. The van der Waals surface area contributed by atoms with Crippen LogP contribution in [0.3, 0.4) is 0 Å². The molecular formula is C20H14F9IO2. The number of rotatable bonds is 5. The first kappa shape index (κ1) is 27.9. The molecule has 0 fully saturated rings. The molecule has 0 radical (unpaired) electrons. The van der Waals surface area contributed by atoms with E-state index in [1.807, 2.05) is 24.3 Å². The first-order valence-corrected chi connectivity index (χ1v) is 9.52. The third-order valence-corrected chi connectivity index (χ3v) is 4.68. The predicted molar refractivity (Wildman–Crippen MR) is 105 cm³/mol. The van der Waals surface area contributed by atoms with Crippen molar-refractivity contribution in [3.8, 4) is 0 Å². The smallest absolute Gasteiger partial charge is 0.295 e. The molecule has 0 amide bonds. The molecular weight excluding hydrogens is 570 g/mol. The zero-order valence-electron chi connectivity index (χ0n) is 16.2. The van der Waals surface area contributed by atoms with E-state index in [0.717, 1.165) is 22.1 Å². The summed E-state index contributed by atoms with van der Waals surface area (Å²) in [5.74, 6) is -20.3. The van der Waals surface area contributed by atoms with E-state index in [0.29, 0.717) is 6.07 Å². The van der Waals surface area contributed by atoms with Crippen molar-refractivity contribution in [2.45, 2.75) is 37.8 Å². The van der Waals surface area contributed by atoms with Gasteiger partial charge in [0.25, 0.3) is 0 Å². The summed E-state index contributed by atoms with van der Waals surface area (Å²) in [5, 5.41) is 0. The molecule has 0 aliphatic rings. The average molecular weight is 584 g/mol.